The number of rotatable bonds is 6. The average Bonchev–Trinajstić information content (AvgIpc) is 2.56. The van der Waals surface area contributed by atoms with Gasteiger partial charge in [-0.1, -0.05) is 12.1 Å². The molecular formula is C18H18N4O2. The maximum absolute atomic E-state index is 11.9. The number of hydrogen-bond donors (Lipinski definition) is 3. The smallest absolute Gasteiger partial charge is 0.226 e. The molecule has 0 fully saturated rings. The molecule has 0 aliphatic carbocycles. The average molecular weight is 322 g/mol. The van der Waals surface area contributed by atoms with Crippen molar-refractivity contribution >= 4 is 28.9 Å². The Morgan fingerprint density at radius 2 is 1.62 bits per heavy atom. The molecule has 6 heteroatoms. The molecule has 0 saturated carbocycles. The summed E-state index contributed by atoms with van der Waals surface area (Å²) >= 11 is 0. The van der Waals surface area contributed by atoms with E-state index in [0.29, 0.717) is 29.2 Å². The lowest BCUT2D eigenvalue weighted by Gasteiger charge is -2.09. The second-order valence-corrected chi connectivity index (χ2v) is 5.14. The second kappa shape index (κ2) is 8.34. The molecular weight excluding hydrogens is 304 g/mol. The van der Waals surface area contributed by atoms with Crippen LogP contribution in [-0.4, -0.2) is 18.4 Å². The highest BCUT2D eigenvalue weighted by atomic mass is 16.2. The molecule has 2 aromatic rings. The minimum Gasteiger partial charge on any atom is -0.383 e. The first kappa shape index (κ1) is 17.0. The predicted octanol–water partition coefficient (Wildman–Crippen LogP) is 2.96. The van der Waals surface area contributed by atoms with Gasteiger partial charge in [-0.05, 0) is 36.4 Å². The first-order valence-electron chi connectivity index (χ1n) is 7.49. The summed E-state index contributed by atoms with van der Waals surface area (Å²) in [6.07, 6.45) is 0.271. The van der Waals surface area contributed by atoms with Crippen molar-refractivity contribution in [2.24, 2.45) is 0 Å². The van der Waals surface area contributed by atoms with Crippen LogP contribution in [0.15, 0.2) is 48.5 Å². The number of carbonyl (C=O) groups excluding carboxylic acids is 2. The van der Waals surface area contributed by atoms with E-state index in [2.05, 4.69) is 22.0 Å². The summed E-state index contributed by atoms with van der Waals surface area (Å²) in [4.78, 5) is 22.9. The summed E-state index contributed by atoms with van der Waals surface area (Å²) in [5, 5.41) is 17.5. The van der Waals surface area contributed by atoms with Crippen molar-refractivity contribution in [2.45, 2.75) is 13.3 Å². The number of para-hydroxylation sites is 1. The van der Waals surface area contributed by atoms with Crippen LogP contribution in [0, 0.1) is 11.3 Å². The van der Waals surface area contributed by atoms with Gasteiger partial charge in [-0.15, -0.1) is 0 Å². The number of nitrogens with one attached hydrogen (secondary N) is 3. The van der Waals surface area contributed by atoms with Crippen LogP contribution in [0.5, 0.6) is 0 Å². The third kappa shape index (κ3) is 5.14. The monoisotopic (exact) mass is 322 g/mol. The van der Waals surface area contributed by atoms with Gasteiger partial charge in [0.05, 0.1) is 11.3 Å². The van der Waals surface area contributed by atoms with Crippen molar-refractivity contribution in [1.29, 1.82) is 5.26 Å². The number of nitriles is 1. The summed E-state index contributed by atoms with van der Waals surface area (Å²) in [5.74, 6) is -0.278. The first-order valence-corrected chi connectivity index (χ1v) is 7.49. The molecule has 6 nitrogen and oxygen atoms in total. The fourth-order valence-corrected chi connectivity index (χ4v) is 2.11. The van der Waals surface area contributed by atoms with Crippen molar-refractivity contribution in [3.05, 3.63) is 54.1 Å². The van der Waals surface area contributed by atoms with E-state index in [1.807, 2.05) is 6.07 Å². The lowest BCUT2D eigenvalue weighted by Crippen LogP contribution is -2.16. The van der Waals surface area contributed by atoms with Crippen molar-refractivity contribution in [1.82, 2.24) is 0 Å². The first-order chi connectivity index (χ1) is 11.6. The SMILES string of the molecule is CC(=O)Nc1ccc(NC(=O)CCNc2ccccc2C#N)cc1. The number of benzene rings is 2. The fraction of sp³-hybridized carbons (Fsp3) is 0.167. The Bertz CT molecular complexity index is 763. The van der Waals surface area contributed by atoms with Gasteiger partial charge in [0.2, 0.25) is 11.8 Å². The maximum atomic E-state index is 11.9. The molecule has 0 spiro atoms. The minimum absolute atomic E-state index is 0.135. The standard InChI is InChI=1S/C18H18N4O2/c1-13(23)21-15-6-8-16(9-7-15)22-18(24)10-11-20-17-5-3-2-4-14(17)12-19/h2-9,20H,10-11H2,1H3,(H,21,23)(H,22,24). The normalized spacial score (nSPS) is 9.67. The van der Waals surface area contributed by atoms with Gasteiger partial charge in [0.25, 0.3) is 0 Å². The van der Waals surface area contributed by atoms with E-state index in [1.54, 1.807) is 42.5 Å². The molecule has 0 heterocycles. The van der Waals surface area contributed by atoms with E-state index in [0.717, 1.165) is 0 Å². The lowest BCUT2D eigenvalue weighted by atomic mass is 10.2. The van der Waals surface area contributed by atoms with Gasteiger partial charge in [0, 0.05) is 31.3 Å². The van der Waals surface area contributed by atoms with Crippen LogP contribution in [0.25, 0.3) is 0 Å². The second-order valence-electron chi connectivity index (χ2n) is 5.14. The van der Waals surface area contributed by atoms with Gasteiger partial charge in [-0.2, -0.15) is 5.26 Å². The van der Waals surface area contributed by atoms with Crippen LogP contribution in [0.3, 0.4) is 0 Å². The van der Waals surface area contributed by atoms with Crippen LogP contribution in [0.2, 0.25) is 0 Å². The van der Waals surface area contributed by atoms with Gasteiger partial charge >= 0.3 is 0 Å². The molecule has 0 aliphatic rings. The Morgan fingerprint density at radius 1 is 1.00 bits per heavy atom. The molecule has 3 N–H and O–H groups in total. The summed E-state index contributed by atoms with van der Waals surface area (Å²) in [7, 11) is 0. The molecule has 2 rings (SSSR count). The Labute approximate surface area is 140 Å². The summed E-state index contributed by atoms with van der Waals surface area (Å²) in [5.41, 5.74) is 2.60. The Balaban J connectivity index is 1.81. The highest BCUT2D eigenvalue weighted by Crippen LogP contribution is 2.15. The van der Waals surface area contributed by atoms with Crippen molar-refractivity contribution < 1.29 is 9.59 Å². The van der Waals surface area contributed by atoms with Crippen LogP contribution in [0.1, 0.15) is 18.9 Å². The van der Waals surface area contributed by atoms with E-state index >= 15 is 0 Å². The Kier molecular flexibility index (Phi) is 5.92. The molecule has 0 bridgehead atoms. The number of hydrogen-bond acceptors (Lipinski definition) is 4. The Morgan fingerprint density at radius 3 is 2.25 bits per heavy atom. The number of anilines is 3. The summed E-state index contributed by atoms with van der Waals surface area (Å²) in [6, 6.07) is 16.1. The molecule has 0 saturated heterocycles. The Hall–Kier alpha value is -3.33. The third-order valence-electron chi connectivity index (χ3n) is 3.20. The molecule has 0 aliphatic heterocycles. The van der Waals surface area contributed by atoms with Crippen LogP contribution in [-0.2, 0) is 9.59 Å². The van der Waals surface area contributed by atoms with Crippen molar-refractivity contribution in [3.63, 3.8) is 0 Å². The van der Waals surface area contributed by atoms with E-state index in [-0.39, 0.29) is 18.2 Å². The number of carbonyl (C=O) groups is 2. The van der Waals surface area contributed by atoms with Gasteiger partial charge in [0.1, 0.15) is 6.07 Å². The van der Waals surface area contributed by atoms with Crippen LogP contribution in [0.4, 0.5) is 17.1 Å². The van der Waals surface area contributed by atoms with E-state index in [4.69, 9.17) is 5.26 Å². The number of nitrogens with zero attached hydrogens (tertiary/aromatic N) is 1. The molecule has 0 radical (unpaired) electrons. The quantitative estimate of drug-likeness (QED) is 0.762. The largest absolute Gasteiger partial charge is 0.383 e. The molecule has 0 atom stereocenters. The molecule has 0 aromatic heterocycles. The minimum atomic E-state index is -0.143. The number of amides is 2. The van der Waals surface area contributed by atoms with Crippen LogP contribution < -0.4 is 16.0 Å². The maximum Gasteiger partial charge on any atom is 0.226 e. The van der Waals surface area contributed by atoms with Gasteiger partial charge in [0.15, 0.2) is 0 Å². The topological polar surface area (TPSA) is 94.0 Å². The van der Waals surface area contributed by atoms with E-state index in [1.165, 1.54) is 6.92 Å². The summed E-state index contributed by atoms with van der Waals surface area (Å²) in [6.45, 7) is 1.86. The molecule has 24 heavy (non-hydrogen) atoms. The van der Waals surface area contributed by atoms with E-state index < -0.39 is 0 Å². The zero-order chi connectivity index (χ0) is 17.4. The van der Waals surface area contributed by atoms with Gasteiger partial charge in [-0.3, -0.25) is 9.59 Å². The zero-order valence-electron chi connectivity index (χ0n) is 13.3. The van der Waals surface area contributed by atoms with E-state index in [9.17, 15) is 9.59 Å². The highest BCUT2D eigenvalue weighted by Gasteiger charge is 2.04. The zero-order valence-corrected chi connectivity index (χ0v) is 13.3. The van der Waals surface area contributed by atoms with Crippen molar-refractivity contribution in [2.75, 3.05) is 22.5 Å². The third-order valence-corrected chi connectivity index (χ3v) is 3.20. The molecule has 2 amide bonds. The van der Waals surface area contributed by atoms with Crippen molar-refractivity contribution in [3.8, 4) is 6.07 Å². The predicted molar refractivity (Wildman–Crippen MR) is 93.6 cm³/mol. The molecule has 0 unspecified atom stereocenters. The molecule has 122 valence electrons. The lowest BCUT2D eigenvalue weighted by molar-refractivity contribution is -0.116. The summed E-state index contributed by atoms with van der Waals surface area (Å²) < 4.78 is 0. The highest BCUT2D eigenvalue weighted by molar-refractivity contribution is 5.92. The van der Waals surface area contributed by atoms with Gasteiger partial charge < -0.3 is 16.0 Å². The van der Waals surface area contributed by atoms with Crippen LogP contribution >= 0.6 is 0 Å². The fourth-order valence-electron chi connectivity index (χ4n) is 2.11. The van der Waals surface area contributed by atoms with Gasteiger partial charge in [-0.25, -0.2) is 0 Å². The molecule has 2 aromatic carbocycles.